The molecule has 0 aliphatic carbocycles. The van der Waals surface area contributed by atoms with Crippen molar-refractivity contribution in [3.05, 3.63) is 35.4 Å². The number of nitriles is 1. The molecule has 1 amide bonds. The maximum Gasteiger partial charge on any atom is 0.322 e. The minimum Gasteiger partial charge on any atom is -0.343 e. The summed E-state index contributed by atoms with van der Waals surface area (Å²) < 4.78 is 0. The molecule has 3 nitrogen and oxygen atoms in total. The Morgan fingerprint density at radius 2 is 1.88 bits per heavy atom. The van der Waals surface area contributed by atoms with Gasteiger partial charge in [-0.05, 0) is 29.9 Å². The van der Waals surface area contributed by atoms with E-state index in [1.54, 1.807) is 0 Å². The first-order chi connectivity index (χ1) is 8.11. The average molecular weight is 230 g/mol. The minimum atomic E-state index is -0.568. The molecule has 0 aliphatic heterocycles. The van der Waals surface area contributed by atoms with Crippen LogP contribution in [0.15, 0.2) is 24.3 Å². The Kier molecular flexibility index (Phi) is 5.22. The van der Waals surface area contributed by atoms with Crippen molar-refractivity contribution in [2.24, 2.45) is 5.92 Å². The first-order valence-electron chi connectivity index (χ1n) is 5.87. The molecule has 1 N–H and O–H groups in total. The Morgan fingerprint density at radius 1 is 1.29 bits per heavy atom. The first kappa shape index (κ1) is 13.2. The molecule has 0 heterocycles. The van der Waals surface area contributed by atoms with E-state index < -0.39 is 5.91 Å². The monoisotopic (exact) mass is 230 g/mol. The highest BCUT2D eigenvalue weighted by Crippen LogP contribution is 2.09. The zero-order valence-corrected chi connectivity index (χ0v) is 10.4. The molecule has 0 aromatic heterocycles. The zero-order valence-electron chi connectivity index (χ0n) is 10.4. The van der Waals surface area contributed by atoms with Gasteiger partial charge in [0.1, 0.15) is 0 Å². The highest BCUT2D eigenvalue weighted by molar-refractivity contribution is 5.91. The second-order valence-electron chi connectivity index (χ2n) is 4.53. The third kappa shape index (κ3) is 5.17. The Balaban J connectivity index is 2.41. The lowest BCUT2D eigenvalue weighted by Crippen LogP contribution is -2.23. The lowest BCUT2D eigenvalue weighted by molar-refractivity contribution is -0.115. The van der Waals surface area contributed by atoms with Gasteiger partial charge >= 0.3 is 5.91 Å². The lowest BCUT2D eigenvalue weighted by Gasteiger charge is -2.06. The van der Waals surface area contributed by atoms with Crippen molar-refractivity contribution in [3.8, 4) is 6.07 Å². The molecule has 0 fully saturated rings. The second kappa shape index (κ2) is 6.70. The van der Waals surface area contributed by atoms with Crippen LogP contribution in [0.4, 0.5) is 0 Å². The molecule has 90 valence electrons. The summed E-state index contributed by atoms with van der Waals surface area (Å²) in [6.45, 7) is 4.91. The summed E-state index contributed by atoms with van der Waals surface area (Å²) >= 11 is 0. The van der Waals surface area contributed by atoms with Gasteiger partial charge in [-0.25, -0.2) is 0 Å². The molecular formula is C14H18N2O. The Hall–Kier alpha value is -1.82. The van der Waals surface area contributed by atoms with Crippen LogP contribution >= 0.6 is 0 Å². The van der Waals surface area contributed by atoms with Gasteiger partial charge in [0.15, 0.2) is 6.07 Å². The van der Waals surface area contributed by atoms with Crippen molar-refractivity contribution in [2.45, 2.75) is 26.7 Å². The number of rotatable bonds is 5. The number of nitrogens with zero attached hydrogens (tertiary/aromatic N) is 1. The second-order valence-corrected chi connectivity index (χ2v) is 4.53. The summed E-state index contributed by atoms with van der Waals surface area (Å²) in [5, 5.41) is 10.8. The fourth-order valence-electron chi connectivity index (χ4n) is 1.67. The highest BCUT2D eigenvalue weighted by atomic mass is 16.1. The lowest BCUT2D eigenvalue weighted by atomic mass is 10.0. The van der Waals surface area contributed by atoms with Crippen LogP contribution in [0.1, 0.15) is 25.0 Å². The third-order valence-corrected chi connectivity index (χ3v) is 2.47. The smallest absolute Gasteiger partial charge is 0.322 e. The molecule has 3 heteroatoms. The summed E-state index contributed by atoms with van der Waals surface area (Å²) in [4.78, 5) is 10.7. The van der Waals surface area contributed by atoms with Crippen molar-refractivity contribution < 1.29 is 4.79 Å². The van der Waals surface area contributed by atoms with E-state index in [0.29, 0.717) is 12.5 Å². The molecule has 1 aromatic carbocycles. The fraction of sp³-hybridized carbons (Fsp3) is 0.429. The number of amides is 1. The standard InChI is InChI=1S/C14H18N2O/c1-11(2)9-13-5-3-12(4-6-13)7-8-16-14(17)10-15/h3-6,11H,7-9H2,1-2H3,(H,16,17). The molecule has 0 saturated carbocycles. The Labute approximate surface area is 102 Å². The number of hydrogen-bond donors (Lipinski definition) is 1. The molecule has 0 radical (unpaired) electrons. The Morgan fingerprint density at radius 3 is 2.41 bits per heavy atom. The molecule has 0 aliphatic rings. The van der Waals surface area contributed by atoms with E-state index in [2.05, 4.69) is 43.4 Å². The van der Waals surface area contributed by atoms with Gasteiger partial charge in [-0.3, -0.25) is 4.79 Å². The number of carbonyl (C=O) groups is 1. The van der Waals surface area contributed by atoms with Gasteiger partial charge in [-0.2, -0.15) is 5.26 Å². The predicted octanol–water partition coefficient (Wildman–Crippen LogP) is 2.07. The van der Waals surface area contributed by atoms with Crippen LogP contribution in [0.25, 0.3) is 0 Å². The molecule has 0 bridgehead atoms. The van der Waals surface area contributed by atoms with Crippen molar-refractivity contribution in [2.75, 3.05) is 6.54 Å². The predicted molar refractivity (Wildman–Crippen MR) is 67.3 cm³/mol. The normalized spacial score (nSPS) is 10.0. The fourth-order valence-corrected chi connectivity index (χ4v) is 1.67. The summed E-state index contributed by atoms with van der Waals surface area (Å²) in [6.07, 6.45) is 1.85. The van der Waals surface area contributed by atoms with E-state index >= 15 is 0 Å². The molecule has 0 saturated heterocycles. The zero-order chi connectivity index (χ0) is 12.7. The molecule has 0 spiro atoms. The van der Waals surface area contributed by atoms with Crippen molar-refractivity contribution >= 4 is 5.91 Å². The molecule has 0 unspecified atom stereocenters. The van der Waals surface area contributed by atoms with Crippen LogP contribution in [0.5, 0.6) is 0 Å². The van der Waals surface area contributed by atoms with Crippen LogP contribution in [-0.4, -0.2) is 12.5 Å². The van der Waals surface area contributed by atoms with Gasteiger partial charge in [0.2, 0.25) is 0 Å². The van der Waals surface area contributed by atoms with Crippen LogP contribution in [0.3, 0.4) is 0 Å². The van der Waals surface area contributed by atoms with Crippen LogP contribution in [-0.2, 0) is 17.6 Å². The summed E-state index contributed by atoms with van der Waals surface area (Å²) in [5.74, 6) is 0.0946. The van der Waals surface area contributed by atoms with E-state index in [9.17, 15) is 4.79 Å². The van der Waals surface area contributed by atoms with Gasteiger partial charge in [0.05, 0.1) is 0 Å². The van der Waals surface area contributed by atoms with E-state index in [1.165, 1.54) is 17.2 Å². The van der Waals surface area contributed by atoms with E-state index in [4.69, 9.17) is 5.26 Å². The van der Waals surface area contributed by atoms with Gasteiger partial charge < -0.3 is 5.32 Å². The van der Waals surface area contributed by atoms with Crippen molar-refractivity contribution in [1.82, 2.24) is 5.32 Å². The maximum absolute atomic E-state index is 10.7. The van der Waals surface area contributed by atoms with Crippen LogP contribution in [0.2, 0.25) is 0 Å². The molecule has 1 aromatic rings. The summed E-state index contributed by atoms with van der Waals surface area (Å²) in [5.41, 5.74) is 2.51. The minimum absolute atomic E-state index is 0.510. The van der Waals surface area contributed by atoms with Gasteiger partial charge in [0, 0.05) is 6.54 Å². The molecular weight excluding hydrogens is 212 g/mol. The highest BCUT2D eigenvalue weighted by Gasteiger charge is 2.00. The summed E-state index contributed by atoms with van der Waals surface area (Å²) in [7, 11) is 0. The average Bonchev–Trinajstić information content (AvgIpc) is 2.30. The van der Waals surface area contributed by atoms with E-state index in [-0.39, 0.29) is 0 Å². The van der Waals surface area contributed by atoms with Gasteiger partial charge in [0.25, 0.3) is 0 Å². The molecule has 1 rings (SSSR count). The number of hydrogen-bond acceptors (Lipinski definition) is 2. The SMILES string of the molecule is CC(C)Cc1ccc(CCNC(=O)C#N)cc1. The van der Waals surface area contributed by atoms with Crippen molar-refractivity contribution in [1.29, 1.82) is 5.26 Å². The molecule has 17 heavy (non-hydrogen) atoms. The summed E-state index contributed by atoms with van der Waals surface area (Å²) in [6, 6.07) is 9.94. The number of benzene rings is 1. The van der Waals surface area contributed by atoms with Gasteiger partial charge in [-0.1, -0.05) is 38.1 Å². The van der Waals surface area contributed by atoms with E-state index in [1.807, 2.05) is 0 Å². The largest absolute Gasteiger partial charge is 0.343 e. The quantitative estimate of drug-likeness (QED) is 0.787. The van der Waals surface area contributed by atoms with Crippen LogP contribution < -0.4 is 5.32 Å². The van der Waals surface area contributed by atoms with Gasteiger partial charge in [-0.15, -0.1) is 0 Å². The number of carbonyl (C=O) groups excluding carboxylic acids is 1. The van der Waals surface area contributed by atoms with Crippen LogP contribution in [0, 0.1) is 17.2 Å². The molecule has 0 atom stereocenters. The third-order valence-electron chi connectivity index (χ3n) is 2.47. The number of nitrogens with one attached hydrogen (secondary N) is 1. The topological polar surface area (TPSA) is 52.9 Å². The van der Waals surface area contributed by atoms with Crippen molar-refractivity contribution in [3.63, 3.8) is 0 Å². The van der Waals surface area contributed by atoms with E-state index in [0.717, 1.165) is 12.8 Å². The maximum atomic E-state index is 10.7. The first-order valence-corrected chi connectivity index (χ1v) is 5.87. The Bertz CT molecular complexity index is 401.